The van der Waals surface area contributed by atoms with Gasteiger partial charge in [-0.3, -0.25) is 0 Å². The molecule has 3 nitrogen and oxygen atoms in total. The maximum atomic E-state index is 13.0. The molecule has 0 fully saturated rings. The lowest BCUT2D eigenvalue weighted by atomic mass is 10.1. The van der Waals surface area contributed by atoms with Gasteiger partial charge in [-0.1, -0.05) is 6.07 Å². The molecule has 0 aliphatic heterocycles. The van der Waals surface area contributed by atoms with Crippen LogP contribution in [0.1, 0.15) is 18.1 Å². The van der Waals surface area contributed by atoms with Gasteiger partial charge in [0.1, 0.15) is 15.7 Å². The average Bonchev–Trinajstić information content (AvgIpc) is 2.17. The molecule has 0 saturated heterocycles. The lowest BCUT2D eigenvalue weighted by Crippen LogP contribution is -2.32. The van der Waals surface area contributed by atoms with Crippen molar-refractivity contribution in [2.24, 2.45) is 0 Å². The van der Waals surface area contributed by atoms with Gasteiger partial charge in [0.15, 0.2) is 0 Å². The second-order valence-corrected chi connectivity index (χ2v) is 6.63. The van der Waals surface area contributed by atoms with Crippen molar-refractivity contribution >= 4 is 9.84 Å². The third-order valence-electron chi connectivity index (χ3n) is 2.50. The van der Waals surface area contributed by atoms with Crippen LogP contribution in [0.15, 0.2) is 18.2 Å². The number of aryl methyl sites for hydroxylation is 1. The normalized spacial score (nSPS) is 13.6. The van der Waals surface area contributed by atoms with E-state index in [4.69, 9.17) is 0 Å². The number of nitrogens with one attached hydrogen (secondary N) is 1. The van der Waals surface area contributed by atoms with E-state index >= 15 is 0 Å². The molecule has 5 heteroatoms. The Morgan fingerprint density at radius 1 is 1.41 bits per heavy atom. The fraction of sp³-hybridized carbons (Fsp3) is 0.500. The van der Waals surface area contributed by atoms with Crippen molar-refractivity contribution in [3.8, 4) is 0 Å². The van der Waals surface area contributed by atoms with Crippen molar-refractivity contribution in [1.29, 1.82) is 0 Å². The van der Waals surface area contributed by atoms with Crippen LogP contribution in [-0.4, -0.2) is 26.5 Å². The van der Waals surface area contributed by atoms with Gasteiger partial charge in [-0.25, -0.2) is 12.8 Å². The summed E-state index contributed by atoms with van der Waals surface area (Å²) in [5.74, 6) is -0.190. The van der Waals surface area contributed by atoms with Crippen LogP contribution in [0.5, 0.6) is 0 Å². The maximum Gasteiger partial charge on any atom is 0.148 e. The number of halogens is 1. The first-order valence-corrected chi connectivity index (χ1v) is 7.50. The molecule has 0 saturated carbocycles. The van der Waals surface area contributed by atoms with E-state index in [0.717, 1.165) is 11.1 Å². The van der Waals surface area contributed by atoms with E-state index in [2.05, 4.69) is 5.32 Å². The summed E-state index contributed by atoms with van der Waals surface area (Å²) in [7, 11) is -2.98. The summed E-state index contributed by atoms with van der Waals surface area (Å²) in [6, 6.07) is 4.45. The lowest BCUT2D eigenvalue weighted by molar-refractivity contribution is 0.556. The molecule has 1 atom stereocenters. The zero-order valence-corrected chi connectivity index (χ0v) is 11.1. The Balaban J connectivity index is 2.58. The van der Waals surface area contributed by atoms with Crippen molar-refractivity contribution in [3.05, 3.63) is 35.1 Å². The van der Waals surface area contributed by atoms with E-state index in [1.54, 1.807) is 13.0 Å². The third kappa shape index (κ3) is 5.28. The molecule has 0 aliphatic rings. The molecule has 1 N–H and O–H groups in total. The molecular formula is C12H18FNO2S. The highest BCUT2D eigenvalue weighted by Crippen LogP contribution is 2.10. The van der Waals surface area contributed by atoms with E-state index in [0.29, 0.717) is 6.54 Å². The molecule has 1 rings (SSSR count). The number of hydrogen-bond donors (Lipinski definition) is 1. The predicted octanol–water partition coefficient (Wildman–Crippen LogP) is 1.66. The molecule has 17 heavy (non-hydrogen) atoms. The van der Waals surface area contributed by atoms with Gasteiger partial charge >= 0.3 is 0 Å². The zero-order chi connectivity index (χ0) is 13.1. The van der Waals surface area contributed by atoms with E-state index in [-0.39, 0.29) is 17.6 Å². The molecule has 1 unspecified atom stereocenters. The quantitative estimate of drug-likeness (QED) is 0.874. The van der Waals surface area contributed by atoms with Gasteiger partial charge in [0.05, 0.1) is 5.75 Å². The summed E-state index contributed by atoms with van der Waals surface area (Å²) in [6.45, 7) is 4.17. The smallest absolute Gasteiger partial charge is 0.148 e. The SMILES string of the molecule is Cc1ccc(F)cc1CNC(C)CS(C)(=O)=O. The monoisotopic (exact) mass is 259 g/mol. The van der Waals surface area contributed by atoms with Crippen molar-refractivity contribution < 1.29 is 12.8 Å². The van der Waals surface area contributed by atoms with Crippen LogP contribution < -0.4 is 5.32 Å². The number of benzene rings is 1. The van der Waals surface area contributed by atoms with Crippen molar-refractivity contribution in [3.63, 3.8) is 0 Å². The first-order chi connectivity index (χ1) is 7.78. The van der Waals surface area contributed by atoms with Crippen molar-refractivity contribution in [2.45, 2.75) is 26.4 Å². The van der Waals surface area contributed by atoms with E-state index < -0.39 is 9.84 Å². The Hall–Kier alpha value is -0.940. The summed E-state index contributed by atoms with van der Waals surface area (Å²) in [5, 5.41) is 3.08. The molecule has 96 valence electrons. The Kier molecular flexibility index (Phi) is 4.65. The third-order valence-corrected chi connectivity index (χ3v) is 3.61. The van der Waals surface area contributed by atoms with Gasteiger partial charge < -0.3 is 5.32 Å². The minimum Gasteiger partial charge on any atom is -0.309 e. The molecule has 0 radical (unpaired) electrons. The summed E-state index contributed by atoms with van der Waals surface area (Å²) in [4.78, 5) is 0. The van der Waals surface area contributed by atoms with Crippen LogP contribution >= 0.6 is 0 Å². The topological polar surface area (TPSA) is 46.2 Å². The minimum atomic E-state index is -2.98. The summed E-state index contributed by atoms with van der Waals surface area (Å²) < 4.78 is 35.2. The van der Waals surface area contributed by atoms with Crippen LogP contribution in [-0.2, 0) is 16.4 Å². The van der Waals surface area contributed by atoms with Crippen molar-refractivity contribution in [1.82, 2.24) is 5.32 Å². The molecule has 0 aliphatic carbocycles. The highest BCUT2D eigenvalue weighted by Gasteiger charge is 2.10. The first-order valence-electron chi connectivity index (χ1n) is 5.44. The second-order valence-electron chi connectivity index (χ2n) is 4.45. The fourth-order valence-corrected chi connectivity index (χ4v) is 2.65. The van der Waals surface area contributed by atoms with Gasteiger partial charge in [0, 0.05) is 18.8 Å². The Morgan fingerprint density at radius 3 is 2.65 bits per heavy atom. The molecule has 0 heterocycles. The van der Waals surface area contributed by atoms with Gasteiger partial charge in [-0.15, -0.1) is 0 Å². The van der Waals surface area contributed by atoms with E-state index in [9.17, 15) is 12.8 Å². The summed E-state index contributed by atoms with van der Waals surface area (Å²) in [6.07, 6.45) is 1.21. The number of hydrogen-bond acceptors (Lipinski definition) is 3. The second kappa shape index (κ2) is 5.60. The molecule has 0 bridgehead atoms. The average molecular weight is 259 g/mol. The van der Waals surface area contributed by atoms with Crippen LogP contribution in [0.4, 0.5) is 4.39 Å². The summed E-state index contributed by atoms with van der Waals surface area (Å²) in [5.41, 5.74) is 1.84. The molecule has 0 spiro atoms. The minimum absolute atomic E-state index is 0.0847. The van der Waals surface area contributed by atoms with Gasteiger partial charge in [0.2, 0.25) is 0 Å². The summed E-state index contributed by atoms with van der Waals surface area (Å²) >= 11 is 0. The maximum absolute atomic E-state index is 13.0. The van der Waals surface area contributed by atoms with Crippen LogP contribution in [0.25, 0.3) is 0 Å². The van der Waals surface area contributed by atoms with E-state index in [1.807, 2.05) is 6.92 Å². The highest BCUT2D eigenvalue weighted by atomic mass is 32.2. The highest BCUT2D eigenvalue weighted by molar-refractivity contribution is 7.90. The zero-order valence-electron chi connectivity index (χ0n) is 10.3. The number of sulfone groups is 1. The predicted molar refractivity (Wildman–Crippen MR) is 67.1 cm³/mol. The van der Waals surface area contributed by atoms with Gasteiger partial charge in [0.25, 0.3) is 0 Å². The lowest BCUT2D eigenvalue weighted by Gasteiger charge is -2.14. The van der Waals surface area contributed by atoms with Gasteiger partial charge in [-0.2, -0.15) is 0 Å². The van der Waals surface area contributed by atoms with Crippen LogP contribution in [0, 0.1) is 12.7 Å². The van der Waals surface area contributed by atoms with Gasteiger partial charge in [-0.05, 0) is 37.1 Å². The number of rotatable bonds is 5. The molecule has 0 amide bonds. The molecule has 0 aromatic heterocycles. The Labute approximate surface area is 102 Å². The first kappa shape index (κ1) is 14.1. The van der Waals surface area contributed by atoms with Crippen LogP contribution in [0.2, 0.25) is 0 Å². The fourth-order valence-electron chi connectivity index (χ4n) is 1.63. The standard InChI is InChI=1S/C12H18FNO2S/c1-9-4-5-12(13)6-11(9)7-14-10(2)8-17(3,15)16/h4-6,10,14H,7-8H2,1-3H3. The van der Waals surface area contributed by atoms with Crippen molar-refractivity contribution in [2.75, 3.05) is 12.0 Å². The molecule has 1 aromatic carbocycles. The molecular weight excluding hydrogens is 241 g/mol. The molecule has 1 aromatic rings. The van der Waals surface area contributed by atoms with Crippen LogP contribution in [0.3, 0.4) is 0 Å². The Bertz CT molecular complexity index is 485. The Morgan fingerprint density at radius 2 is 2.06 bits per heavy atom. The largest absolute Gasteiger partial charge is 0.309 e. The van der Waals surface area contributed by atoms with E-state index in [1.165, 1.54) is 18.4 Å².